The predicted octanol–water partition coefficient (Wildman–Crippen LogP) is 2.43. The molecule has 0 saturated heterocycles. The smallest absolute Gasteiger partial charge is 0.160 e. The Balaban J connectivity index is 2.30. The van der Waals surface area contributed by atoms with Crippen molar-refractivity contribution in [2.24, 2.45) is 0 Å². The van der Waals surface area contributed by atoms with E-state index >= 15 is 0 Å². The number of nitrogens with one attached hydrogen (secondary N) is 1. The van der Waals surface area contributed by atoms with Gasteiger partial charge in [0.05, 0.1) is 11.0 Å². The minimum Gasteiger partial charge on any atom is -0.298 e. The molecule has 5 nitrogen and oxygen atoms in total. The quantitative estimate of drug-likeness (QED) is 0.730. The number of fused-ring (bicyclic) bond motifs is 1. The summed E-state index contributed by atoms with van der Waals surface area (Å²) in [7, 11) is 0. The van der Waals surface area contributed by atoms with Crippen LogP contribution in [0.3, 0.4) is 0 Å². The summed E-state index contributed by atoms with van der Waals surface area (Å²) in [5.74, 6) is 1.76. The van der Waals surface area contributed by atoms with E-state index in [-0.39, 0.29) is 0 Å². The normalized spacial score (nSPS) is 11.1. The summed E-state index contributed by atoms with van der Waals surface area (Å²) in [6.07, 6.45) is 1.64. The second-order valence-electron chi connectivity index (χ2n) is 4.49. The number of nitrogens with zero attached hydrogens (tertiary/aromatic N) is 3. The fourth-order valence-electron chi connectivity index (χ4n) is 2.23. The monoisotopic (exact) mass is 254 g/mol. The molecule has 0 aliphatic carbocycles. The summed E-state index contributed by atoms with van der Waals surface area (Å²) in [5.41, 5.74) is 3.43. The lowest BCUT2D eigenvalue weighted by Gasteiger charge is -2.03. The van der Waals surface area contributed by atoms with Gasteiger partial charge in [0.25, 0.3) is 0 Å². The average molecular weight is 254 g/mol. The lowest BCUT2D eigenvalue weighted by atomic mass is 10.2. The van der Waals surface area contributed by atoms with Crippen LogP contribution < -0.4 is 0 Å². The van der Waals surface area contributed by atoms with Gasteiger partial charge in [0, 0.05) is 23.7 Å². The number of aromatic amines is 1. The first-order valence-electron chi connectivity index (χ1n) is 6.22. The molecule has 0 fully saturated rings. The number of rotatable bonds is 3. The van der Waals surface area contributed by atoms with Crippen LogP contribution in [0.4, 0.5) is 0 Å². The Kier molecular flexibility index (Phi) is 2.67. The molecular formula is C14H14N4O. The number of aromatic nitrogens is 4. The van der Waals surface area contributed by atoms with Crippen LogP contribution in [0.5, 0.6) is 0 Å². The van der Waals surface area contributed by atoms with E-state index in [1.165, 1.54) is 0 Å². The van der Waals surface area contributed by atoms with Crippen LogP contribution in [0.2, 0.25) is 0 Å². The number of benzene rings is 1. The van der Waals surface area contributed by atoms with E-state index in [1.807, 2.05) is 23.6 Å². The summed E-state index contributed by atoms with van der Waals surface area (Å²) in [5, 5.41) is 7.23. The van der Waals surface area contributed by atoms with Gasteiger partial charge in [-0.2, -0.15) is 5.10 Å². The van der Waals surface area contributed by atoms with Crippen molar-refractivity contribution in [3.05, 3.63) is 41.3 Å². The maximum atomic E-state index is 10.8. The second kappa shape index (κ2) is 4.35. The van der Waals surface area contributed by atoms with Crippen molar-refractivity contribution in [3.8, 4) is 5.82 Å². The maximum Gasteiger partial charge on any atom is 0.160 e. The van der Waals surface area contributed by atoms with E-state index in [4.69, 9.17) is 0 Å². The molecule has 5 heteroatoms. The first kappa shape index (κ1) is 11.6. The van der Waals surface area contributed by atoms with Gasteiger partial charge in [-0.25, -0.2) is 4.98 Å². The van der Waals surface area contributed by atoms with Crippen molar-refractivity contribution in [3.63, 3.8) is 0 Å². The van der Waals surface area contributed by atoms with Crippen LogP contribution in [0.25, 0.3) is 16.9 Å². The topological polar surface area (TPSA) is 63.6 Å². The van der Waals surface area contributed by atoms with Gasteiger partial charge in [-0.3, -0.25) is 14.5 Å². The highest BCUT2D eigenvalue weighted by molar-refractivity contribution is 5.86. The Bertz CT molecular complexity index is 754. The zero-order valence-corrected chi connectivity index (χ0v) is 10.8. The Morgan fingerprint density at radius 3 is 2.84 bits per heavy atom. The van der Waals surface area contributed by atoms with Gasteiger partial charge in [-0.05, 0) is 25.1 Å². The van der Waals surface area contributed by atoms with Crippen molar-refractivity contribution < 1.29 is 4.79 Å². The second-order valence-corrected chi connectivity index (χ2v) is 4.49. The van der Waals surface area contributed by atoms with E-state index in [0.717, 1.165) is 41.1 Å². The summed E-state index contributed by atoms with van der Waals surface area (Å²) < 4.78 is 2.02. The fraction of sp³-hybridized carbons (Fsp3) is 0.214. The van der Waals surface area contributed by atoms with Crippen LogP contribution >= 0.6 is 0 Å². The molecule has 2 heterocycles. The highest BCUT2D eigenvalue weighted by Crippen LogP contribution is 2.22. The van der Waals surface area contributed by atoms with Crippen LogP contribution in [0, 0.1) is 6.92 Å². The largest absolute Gasteiger partial charge is 0.298 e. The SMILES string of the molecule is CCc1nc2cc(C=O)ccc2n1-c1cc(C)[nH]n1. The highest BCUT2D eigenvalue weighted by atomic mass is 16.1. The van der Waals surface area contributed by atoms with Crippen LogP contribution in [-0.2, 0) is 6.42 Å². The molecule has 1 aromatic carbocycles. The van der Waals surface area contributed by atoms with E-state index in [2.05, 4.69) is 22.1 Å². The van der Waals surface area contributed by atoms with Gasteiger partial charge in [-0.15, -0.1) is 0 Å². The van der Waals surface area contributed by atoms with Crippen molar-refractivity contribution in [1.29, 1.82) is 0 Å². The molecule has 1 N–H and O–H groups in total. The van der Waals surface area contributed by atoms with Gasteiger partial charge in [0.2, 0.25) is 0 Å². The van der Waals surface area contributed by atoms with Gasteiger partial charge in [0.1, 0.15) is 12.1 Å². The Labute approximate surface area is 110 Å². The van der Waals surface area contributed by atoms with Crippen molar-refractivity contribution in [2.75, 3.05) is 0 Å². The van der Waals surface area contributed by atoms with Crippen LogP contribution in [0.15, 0.2) is 24.3 Å². The molecule has 0 aliphatic rings. The van der Waals surface area contributed by atoms with Crippen molar-refractivity contribution in [2.45, 2.75) is 20.3 Å². The van der Waals surface area contributed by atoms with E-state index in [0.29, 0.717) is 5.56 Å². The number of carbonyl (C=O) groups is 1. The van der Waals surface area contributed by atoms with E-state index in [9.17, 15) is 4.79 Å². The number of imidazole rings is 1. The van der Waals surface area contributed by atoms with Gasteiger partial charge < -0.3 is 0 Å². The molecule has 0 amide bonds. The van der Waals surface area contributed by atoms with Gasteiger partial charge in [-0.1, -0.05) is 6.92 Å². The van der Waals surface area contributed by atoms with Crippen molar-refractivity contribution in [1.82, 2.24) is 19.7 Å². The third-order valence-corrected chi connectivity index (χ3v) is 3.12. The summed E-state index contributed by atoms with van der Waals surface area (Å²) in [6, 6.07) is 7.49. The summed E-state index contributed by atoms with van der Waals surface area (Å²) in [4.78, 5) is 15.4. The highest BCUT2D eigenvalue weighted by Gasteiger charge is 2.13. The number of H-pyrrole nitrogens is 1. The number of hydrogen-bond donors (Lipinski definition) is 1. The molecule has 2 aromatic heterocycles. The molecule has 0 bridgehead atoms. The molecule has 0 spiro atoms. The first-order valence-corrected chi connectivity index (χ1v) is 6.22. The Morgan fingerprint density at radius 2 is 2.21 bits per heavy atom. The molecule has 3 aromatic rings. The number of aldehydes is 1. The Morgan fingerprint density at radius 1 is 1.37 bits per heavy atom. The molecule has 19 heavy (non-hydrogen) atoms. The molecule has 0 unspecified atom stereocenters. The van der Waals surface area contributed by atoms with E-state index < -0.39 is 0 Å². The van der Waals surface area contributed by atoms with Gasteiger partial charge >= 0.3 is 0 Å². The molecule has 96 valence electrons. The molecule has 3 rings (SSSR count). The summed E-state index contributed by atoms with van der Waals surface area (Å²) >= 11 is 0. The molecule has 0 atom stereocenters. The third-order valence-electron chi connectivity index (χ3n) is 3.12. The van der Waals surface area contributed by atoms with Crippen LogP contribution in [0.1, 0.15) is 28.8 Å². The lowest BCUT2D eigenvalue weighted by Crippen LogP contribution is -2.00. The minimum absolute atomic E-state index is 0.637. The lowest BCUT2D eigenvalue weighted by molar-refractivity contribution is 0.112. The van der Waals surface area contributed by atoms with Crippen LogP contribution in [-0.4, -0.2) is 26.0 Å². The van der Waals surface area contributed by atoms with Gasteiger partial charge in [0.15, 0.2) is 5.82 Å². The predicted molar refractivity (Wildman–Crippen MR) is 72.7 cm³/mol. The first-order chi connectivity index (χ1) is 9.22. The molecular weight excluding hydrogens is 240 g/mol. The zero-order chi connectivity index (χ0) is 13.4. The zero-order valence-electron chi connectivity index (χ0n) is 10.8. The fourth-order valence-corrected chi connectivity index (χ4v) is 2.23. The third kappa shape index (κ3) is 1.83. The number of carbonyl (C=O) groups excluding carboxylic acids is 1. The molecule has 0 radical (unpaired) electrons. The number of hydrogen-bond acceptors (Lipinski definition) is 3. The Hall–Kier alpha value is -2.43. The molecule has 0 aliphatic heterocycles. The van der Waals surface area contributed by atoms with E-state index in [1.54, 1.807) is 12.1 Å². The van der Waals surface area contributed by atoms with Crippen molar-refractivity contribution >= 4 is 17.3 Å². The summed E-state index contributed by atoms with van der Waals surface area (Å²) in [6.45, 7) is 4.02. The maximum absolute atomic E-state index is 10.8. The standard InChI is InChI=1S/C14H14N4O/c1-3-13-15-11-7-10(8-19)4-5-12(11)18(13)14-6-9(2)16-17-14/h4-8H,3H2,1-2H3,(H,16,17). The number of aryl methyl sites for hydroxylation is 2. The average Bonchev–Trinajstić information content (AvgIpc) is 3.00. The molecule has 0 saturated carbocycles. The minimum atomic E-state index is 0.637.